The van der Waals surface area contributed by atoms with E-state index in [2.05, 4.69) is 28.5 Å². The van der Waals surface area contributed by atoms with Gasteiger partial charge in [0, 0.05) is 18.9 Å². The fourth-order valence-electron chi connectivity index (χ4n) is 2.64. The predicted molar refractivity (Wildman–Crippen MR) is 126 cm³/mol. The zero-order valence-electron chi connectivity index (χ0n) is 18.1. The molecule has 1 aromatic heterocycles. The van der Waals surface area contributed by atoms with E-state index in [0.29, 0.717) is 10.9 Å². The number of carbonyl (C=O) groups is 1. The van der Waals surface area contributed by atoms with Crippen molar-refractivity contribution < 1.29 is 23.7 Å². The van der Waals surface area contributed by atoms with Gasteiger partial charge in [-0.2, -0.15) is 0 Å². The maximum atomic E-state index is 13.5. The SMILES string of the molecule is C=C(C#Cc1cncc(O)c1)S/C(C(=O)OC)=C(\N)NP(=O)(OC)c1ccc(C)cc1C. The quantitative estimate of drug-likeness (QED) is 0.241. The third-order valence-corrected chi connectivity index (χ3v) is 7.23. The van der Waals surface area contributed by atoms with Crippen molar-refractivity contribution in [2.24, 2.45) is 5.73 Å². The average Bonchev–Trinajstić information content (AvgIpc) is 2.75. The van der Waals surface area contributed by atoms with Crippen molar-refractivity contribution in [2.45, 2.75) is 13.8 Å². The lowest BCUT2D eigenvalue weighted by Crippen LogP contribution is -2.28. The molecule has 0 amide bonds. The van der Waals surface area contributed by atoms with Crippen molar-refractivity contribution in [2.75, 3.05) is 14.2 Å². The van der Waals surface area contributed by atoms with Gasteiger partial charge in [0.1, 0.15) is 16.5 Å². The number of allylic oxidation sites excluding steroid dienone is 1. The molecule has 32 heavy (non-hydrogen) atoms. The van der Waals surface area contributed by atoms with Crippen LogP contribution in [0.1, 0.15) is 16.7 Å². The summed E-state index contributed by atoms with van der Waals surface area (Å²) < 4.78 is 23.6. The molecule has 0 aliphatic rings. The highest BCUT2D eigenvalue weighted by atomic mass is 32.2. The Morgan fingerprint density at radius 3 is 2.59 bits per heavy atom. The molecule has 10 heteroatoms. The number of rotatable bonds is 7. The van der Waals surface area contributed by atoms with Gasteiger partial charge in [-0.15, -0.1) is 0 Å². The van der Waals surface area contributed by atoms with Crippen LogP contribution in [-0.2, 0) is 18.6 Å². The van der Waals surface area contributed by atoms with Crippen LogP contribution in [-0.4, -0.2) is 30.3 Å². The van der Waals surface area contributed by atoms with Crippen LogP contribution < -0.4 is 16.1 Å². The van der Waals surface area contributed by atoms with Crippen molar-refractivity contribution in [3.05, 3.63) is 75.6 Å². The zero-order chi connectivity index (χ0) is 23.9. The minimum Gasteiger partial charge on any atom is -0.506 e. The average molecular weight is 473 g/mol. The van der Waals surface area contributed by atoms with E-state index in [1.165, 1.54) is 32.7 Å². The predicted octanol–water partition coefficient (Wildman–Crippen LogP) is 3.06. The summed E-state index contributed by atoms with van der Waals surface area (Å²) in [7, 11) is -1.15. The van der Waals surface area contributed by atoms with Gasteiger partial charge >= 0.3 is 13.5 Å². The maximum absolute atomic E-state index is 13.5. The molecule has 1 unspecified atom stereocenters. The van der Waals surface area contributed by atoms with Gasteiger partial charge in [-0.1, -0.05) is 47.9 Å². The monoisotopic (exact) mass is 473 g/mol. The van der Waals surface area contributed by atoms with Gasteiger partial charge in [0.2, 0.25) is 0 Å². The molecule has 1 atom stereocenters. The van der Waals surface area contributed by atoms with Crippen molar-refractivity contribution in [1.29, 1.82) is 0 Å². The molecule has 4 N–H and O–H groups in total. The Bertz CT molecular complexity index is 1180. The minimum atomic E-state index is -3.64. The number of aromatic hydroxyl groups is 1. The van der Waals surface area contributed by atoms with Crippen LogP contribution in [0.2, 0.25) is 0 Å². The Morgan fingerprint density at radius 1 is 1.28 bits per heavy atom. The zero-order valence-corrected chi connectivity index (χ0v) is 19.8. The summed E-state index contributed by atoms with van der Waals surface area (Å²) in [5.41, 5.74) is 8.32. The third kappa shape index (κ3) is 6.41. The Hall–Kier alpha value is -3.18. The van der Waals surface area contributed by atoms with Crippen LogP contribution in [0.25, 0.3) is 0 Å². The molecule has 1 heterocycles. The Morgan fingerprint density at radius 2 is 2.00 bits per heavy atom. The van der Waals surface area contributed by atoms with E-state index < -0.39 is 13.5 Å². The molecular weight excluding hydrogens is 449 g/mol. The van der Waals surface area contributed by atoms with Crippen LogP contribution in [0, 0.1) is 25.7 Å². The largest absolute Gasteiger partial charge is 0.506 e. The van der Waals surface area contributed by atoms with Gasteiger partial charge < -0.3 is 20.1 Å². The van der Waals surface area contributed by atoms with Crippen molar-refractivity contribution >= 4 is 30.6 Å². The van der Waals surface area contributed by atoms with E-state index in [-0.39, 0.29) is 21.4 Å². The third-order valence-electron chi connectivity index (χ3n) is 4.10. The van der Waals surface area contributed by atoms with Crippen LogP contribution in [0.3, 0.4) is 0 Å². The Kier molecular flexibility index (Phi) is 8.56. The topological polar surface area (TPSA) is 124 Å². The number of esters is 1. The molecule has 2 rings (SSSR count). The number of hydrogen-bond donors (Lipinski definition) is 3. The number of methoxy groups -OCH3 is 1. The van der Waals surface area contributed by atoms with Crippen LogP contribution in [0.5, 0.6) is 5.75 Å². The lowest BCUT2D eigenvalue weighted by molar-refractivity contribution is -0.135. The number of pyridine rings is 1. The second kappa shape index (κ2) is 10.9. The van der Waals surface area contributed by atoms with Gasteiger partial charge in [-0.3, -0.25) is 14.6 Å². The van der Waals surface area contributed by atoms with Gasteiger partial charge in [0.25, 0.3) is 0 Å². The highest BCUT2D eigenvalue weighted by Gasteiger charge is 2.29. The van der Waals surface area contributed by atoms with Gasteiger partial charge in [-0.05, 0) is 31.5 Å². The number of aromatic nitrogens is 1. The van der Waals surface area contributed by atoms with Gasteiger partial charge in [-0.25, -0.2) is 4.79 Å². The Balaban J connectivity index is 2.35. The molecule has 0 radical (unpaired) electrons. The summed E-state index contributed by atoms with van der Waals surface area (Å²) in [4.78, 5) is 16.4. The highest BCUT2D eigenvalue weighted by Crippen LogP contribution is 2.43. The summed E-state index contributed by atoms with van der Waals surface area (Å²) >= 11 is 0.852. The van der Waals surface area contributed by atoms with Crippen LogP contribution in [0.4, 0.5) is 0 Å². The lowest BCUT2D eigenvalue weighted by Gasteiger charge is -2.22. The summed E-state index contributed by atoms with van der Waals surface area (Å²) in [5.74, 6) is 4.55. The van der Waals surface area contributed by atoms with Gasteiger partial charge in [0.05, 0.1) is 23.5 Å². The number of nitrogens with two attached hydrogens (primary N) is 1. The molecule has 1 aromatic carbocycles. The molecule has 0 bridgehead atoms. The van der Waals surface area contributed by atoms with Gasteiger partial charge in [0.15, 0.2) is 0 Å². The maximum Gasteiger partial charge on any atom is 0.348 e. The molecule has 8 nitrogen and oxygen atoms in total. The summed E-state index contributed by atoms with van der Waals surface area (Å²) in [6.07, 6.45) is 2.75. The molecule has 2 aromatic rings. The van der Waals surface area contributed by atoms with Crippen LogP contribution >= 0.6 is 19.3 Å². The summed E-state index contributed by atoms with van der Waals surface area (Å²) in [5, 5.41) is 12.6. The second-order valence-electron chi connectivity index (χ2n) is 6.58. The lowest BCUT2D eigenvalue weighted by atomic mass is 10.2. The Labute approximate surface area is 191 Å². The number of nitrogens with one attached hydrogen (secondary N) is 1. The van der Waals surface area contributed by atoms with E-state index in [9.17, 15) is 14.5 Å². The molecule has 0 spiro atoms. The van der Waals surface area contributed by atoms with E-state index in [1.54, 1.807) is 19.1 Å². The molecule has 0 saturated heterocycles. The number of hydrogen-bond acceptors (Lipinski definition) is 8. The van der Waals surface area contributed by atoms with E-state index in [4.69, 9.17) is 15.0 Å². The summed E-state index contributed by atoms with van der Waals surface area (Å²) in [6, 6.07) is 6.79. The molecule has 0 fully saturated rings. The van der Waals surface area contributed by atoms with Crippen molar-refractivity contribution in [3.63, 3.8) is 0 Å². The fourth-order valence-corrected chi connectivity index (χ4v) is 5.02. The highest BCUT2D eigenvalue weighted by molar-refractivity contribution is 8.07. The fraction of sp³-hybridized carbons (Fsp3) is 0.182. The first-order valence-electron chi connectivity index (χ1n) is 9.22. The number of thioether (sulfide) groups is 1. The molecular formula is C22H24N3O5PS. The minimum absolute atomic E-state index is 0.0274. The second-order valence-corrected chi connectivity index (χ2v) is 9.86. The normalized spacial score (nSPS) is 13.1. The number of carbonyl (C=O) groups excluding carboxylic acids is 1. The molecule has 168 valence electrons. The first kappa shape index (κ1) is 25.1. The van der Waals surface area contributed by atoms with Crippen molar-refractivity contribution in [1.82, 2.24) is 10.1 Å². The smallest absolute Gasteiger partial charge is 0.348 e. The number of aryl methyl sites for hydroxylation is 2. The number of nitrogens with zero attached hydrogens (tertiary/aromatic N) is 1. The molecule has 0 aliphatic heterocycles. The first-order chi connectivity index (χ1) is 15.1. The standard InChI is InChI=1S/C22H24N3O5PS/c1-14-6-9-19(15(2)10-14)31(28,30-5)25-21(23)20(22(27)29-4)32-16(3)7-8-17-11-18(26)13-24-12-17/h6,9-13,26H,3,23H2,1-2,4-5H3,(H,25,28)/b21-20+. The van der Waals surface area contributed by atoms with E-state index in [0.717, 1.165) is 22.9 Å². The van der Waals surface area contributed by atoms with E-state index in [1.807, 2.05) is 13.0 Å². The number of benzene rings is 1. The number of ether oxygens (including phenoxy) is 1. The van der Waals surface area contributed by atoms with Crippen LogP contribution in [0.15, 0.2) is 58.9 Å². The first-order valence-corrected chi connectivity index (χ1v) is 11.7. The molecule has 0 aliphatic carbocycles. The van der Waals surface area contributed by atoms with Crippen molar-refractivity contribution in [3.8, 4) is 17.6 Å². The summed E-state index contributed by atoms with van der Waals surface area (Å²) in [6.45, 7) is 7.53. The molecule has 0 saturated carbocycles. The van der Waals surface area contributed by atoms with E-state index >= 15 is 0 Å².